The van der Waals surface area contributed by atoms with Crippen LogP contribution in [0.25, 0.3) is 10.9 Å². The Bertz CT molecular complexity index is 750. The van der Waals surface area contributed by atoms with Crippen molar-refractivity contribution in [1.82, 2.24) is 15.3 Å². The highest BCUT2D eigenvalue weighted by Crippen LogP contribution is 2.46. The summed E-state index contributed by atoms with van der Waals surface area (Å²) in [6, 6.07) is 4.00. The third-order valence-electron chi connectivity index (χ3n) is 4.82. The Morgan fingerprint density at radius 2 is 2.05 bits per heavy atom. The first kappa shape index (κ1) is 14.8. The minimum Gasteiger partial charge on any atom is -0.368 e. The molecule has 1 aliphatic carbocycles. The van der Waals surface area contributed by atoms with Crippen molar-refractivity contribution in [2.24, 2.45) is 0 Å². The van der Waals surface area contributed by atoms with Gasteiger partial charge in [0.15, 0.2) is 0 Å². The average Bonchev–Trinajstić information content (AvgIpc) is 2.39. The standard InChI is InChI=1S/C17H22N4O/c1-4-19-15(22)17(8-5-9-17)12-6-7-13-14(10(12)2)11(3)20-16(18)21-13/h6-7H,4-5,8-9H2,1-3H3,(H,19,22)(H2,18,20,21). The Morgan fingerprint density at radius 3 is 2.64 bits per heavy atom. The van der Waals surface area contributed by atoms with Crippen LogP contribution in [0.3, 0.4) is 0 Å². The number of amides is 1. The topological polar surface area (TPSA) is 80.9 Å². The molecule has 3 rings (SSSR count). The predicted octanol–water partition coefficient (Wildman–Crippen LogP) is 2.39. The maximum absolute atomic E-state index is 12.6. The molecule has 116 valence electrons. The summed E-state index contributed by atoms with van der Waals surface area (Å²) in [5.41, 5.74) is 9.27. The normalized spacial score (nSPS) is 16.3. The first-order valence-corrected chi connectivity index (χ1v) is 7.82. The van der Waals surface area contributed by atoms with Gasteiger partial charge in [-0.15, -0.1) is 0 Å². The number of hydrogen-bond donors (Lipinski definition) is 2. The molecule has 0 unspecified atom stereocenters. The Kier molecular flexibility index (Phi) is 3.51. The number of carbonyl (C=O) groups is 1. The zero-order chi connectivity index (χ0) is 15.9. The van der Waals surface area contributed by atoms with Crippen molar-refractivity contribution in [3.05, 3.63) is 29.0 Å². The molecule has 1 amide bonds. The molecule has 1 aromatic carbocycles. The van der Waals surface area contributed by atoms with Crippen LogP contribution in [0, 0.1) is 13.8 Å². The van der Waals surface area contributed by atoms with Crippen molar-refractivity contribution in [3.63, 3.8) is 0 Å². The number of nitrogens with two attached hydrogens (primary N) is 1. The van der Waals surface area contributed by atoms with Gasteiger partial charge in [0.1, 0.15) is 0 Å². The van der Waals surface area contributed by atoms with Crippen molar-refractivity contribution in [1.29, 1.82) is 0 Å². The van der Waals surface area contributed by atoms with Crippen LogP contribution >= 0.6 is 0 Å². The number of fused-ring (bicyclic) bond motifs is 1. The van der Waals surface area contributed by atoms with E-state index in [-0.39, 0.29) is 11.3 Å². The molecule has 5 heteroatoms. The van der Waals surface area contributed by atoms with Crippen LogP contribution in [-0.4, -0.2) is 22.4 Å². The van der Waals surface area contributed by atoms with Crippen LogP contribution in [0.15, 0.2) is 12.1 Å². The van der Waals surface area contributed by atoms with Crippen molar-refractivity contribution in [3.8, 4) is 0 Å². The number of carbonyl (C=O) groups excluding carboxylic acids is 1. The van der Waals surface area contributed by atoms with E-state index >= 15 is 0 Å². The highest BCUT2D eigenvalue weighted by molar-refractivity contribution is 5.93. The van der Waals surface area contributed by atoms with E-state index in [1.165, 1.54) is 0 Å². The third kappa shape index (κ3) is 2.03. The van der Waals surface area contributed by atoms with Gasteiger partial charge in [-0.05, 0) is 50.8 Å². The molecule has 2 aromatic rings. The number of nitrogen functional groups attached to an aromatic ring is 1. The fraction of sp³-hybridized carbons (Fsp3) is 0.471. The van der Waals surface area contributed by atoms with Crippen LogP contribution < -0.4 is 11.1 Å². The minimum absolute atomic E-state index is 0.137. The smallest absolute Gasteiger partial charge is 0.230 e. The molecule has 0 saturated heterocycles. The molecule has 22 heavy (non-hydrogen) atoms. The zero-order valence-electron chi connectivity index (χ0n) is 13.4. The van der Waals surface area contributed by atoms with Gasteiger partial charge in [-0.1, -0.05) is 12.5 Å². The maximum atomic E-state index is 12.6. The van der Waals surface area contributed by atoms with E-state index in [1.54, 1.807) is 0 Å². The second-order valence-electron chi connectivity index (χ2n) is 6.09. The van der Waals surface area contributed by atoms with Gasteiger partial charge in [0.05, 0.1) is 16.6 Å². The number of nitrogens with one attached hydrogen (secondary N) is 1. The van der Waals surface area contributed by atoms with Crippen LogP contribution in [0.5, 0.6) is 0 Å². The molecule has 0 bridgehead atoms. The van der Waals surface area contributed by atoms with E-state index in [0.29, 0.717) is 12.5 Å². The van der Waals surface area contributed by atoms with Gasteiger partial charge in [-0.2, -0.15) is 0 Å². The van der Waals surface area contributed by atoms with Crippen molar-refractivity contribution >= 4 is 22.8 Å². The van der Waals surface area contributed by atoms with Crippen molar-refractivity contribution in [2.45, 2.75) is 45.4 Å². The maximum Gasteiger partial charge on any atom is 0.230 e. The lowest BCUT2D eigenvalue weighted by atomic mass is 9.62. The van der Waals surface area contributed by atoms with Crippen LogP contribution in [0.4, 0.5) is 5.95 Å². The van der Waals surface area contributed by atoms with E-state index in [9.17, 15) is 4.79 Å². The lowest BCUT2D eigenvalue weighted by Crippen LogP contribution is -2.49. The summed E-state index contributed by atoms with van der Waals surface area (Å²) in [6.45, 7) is 6.62. The van der Waals surface area contributed by atoms with E-state index in [2.05, 4.69) is 22.2 Å². The molecule has 1 aromatic heterocycles. The quantitative estimate of drug-likeness (QED) is 0.911. The van der Waals surface area contributed by atoms with Gasteiger partial charge in [-0.25, -0.2) is 9.97 Å². The van der Waals surface area contributed by atoms with Crippen molar-refractivity contribution in [2.75, 3.05) is 12.3 Å². The van der Waals surface area contributed by atoms with Crippen LogP contribution in [0.2, 0.25) is 0 Å². The first-order chi connectivity index (χ1) is 10.5. The summed E-state index contributed by atoms with van der Waals surface area (Å²) in [4.78, 5) is 21.2. The highest BCUT2D eigenvalue weighted by atomic mass is 16.2. The Morgan fingerprint density at radius 1 is 1.32 bits per heavy atom. The highest BCUT2D eigenvalue weighted by Gasteiger charge is 2.46. The van der Waals surface area contributed by atoms with Gasteiger partial charge in [0, 0.05) is 11.9 Å². The molecule has 0 atom stereocenters. The average molecular weight is 298 g/mol. The number of hydrogen-bond acceptors (Lipinski definition) is 4. The molecule has 1 fully saturated rings. The molecule has 0 aliphatic heterocycles. The fourth-order valence-electron chi connectivity index (χ4n) is 3.62. The molecule has 0 spiro atoms. The molecule has 1 aliphatic rings. The minimum atomic E-state index is -0.387. The van der Waals surface area contributed by atoms with Crippen LogP contribution in [0.1, 0.15) is 43.0 Å². The number of rotatable bonds is 3. The number of likely N-dealkylation sites (N-methyl/N-ethyl adjacent to an activating group) is 1. The SMILES string of the molecule is CCNC(=O)C1(c2ccc3nc(N)nc(C)c3c2C)CCC1. The molecular weight excluding hydrogens is 276 g/mol. The number of nitrogens with zero attached hydrogens (tertiary/aromatic N) is 2. The van der Waals surface area contributed by atoms with Gasteiger partial charge >= 0.3 is 0 Å². The Labute approximate surface area is 130 Å². The van der Waals surface area contributed by atoms with E-state index in [1.807, 2.05) is 26.0 Å². The first-order valence-electron chi connectivity index (χ1n) is 7.82. The van der Waals surface area contributed by atoms with Gasteiger partial charge < -0.3 is 11.1 Å². The number of aromatic nitrogens is 2. The molecule has 0 radical (unpaired) electrons. The summed E-state index contributed by atoms with van der Waals surface area (Å²) in [7, 11) is 0. The summed E-state index contributed by atoms with van der Waals surface area (Å²) < 4.78 is 0. The van der Waals surface area contributed by atoms with Gasteiger partial charge in [-0.3, -0.25) is 4.79 Å². The predicted molar refractivity (Wildman–Crippen MR) is 87.6 cm³/mol. The van der Waals surface area contributed by atoms with E-state index in [0.717, 1.165) is 47.0 Å². The Hall–Kier alpha value is -2.17. The number of anilines is 1. The molecule has 3 N–H and O–H groups in total. The number of benzene rings is 1. The van der Waals surface area contributed by atoms with Crippen molar-refractivity contribution < 1.29 is 4.79 Å². The summed E-state index contributed by atoms with van der Waals surface area (Å²) in [5.74, 6) is 0.428. The second-order valence-corrected chi connectivity index (χ2v) is 6.09. The summed E-state index contributed by atoms with van der Waals surface area (Å²) >= 11 is 0. The third-order valence-corrected chi connectivity index (χ3v) is 4.82. The second kappa shape index (κ2) is 5.23. The fourth-order valence-corrected chi connectivity index (χ4v) is 3.62. The van der Waals surface area contributed by atoms with E-state index < -0.39 is 0 Å². The van der Waals surface area contributed by atoms with E-state index in [4.69, 9.17) is 5.73 Å². The molecule has 5 nitrogen and oxygen atoms in total. The summed E-state index contributed by atoms with van der Waals surface area (Å²) in [6.07, 6.45) is 2.89. The monoisotopic (exact) mass is 298 g/mol. The zero-order valence-corrected chi connectivity index (χ0v) is 13.4. The molecule has 1 saturated carbocycles. The molecule has 1 heterocycles. The number of aryl methyl sites for hydroxylation is 2. The summed E-state index contributed by atoms with van der Waals surface area (Å²) in [5, 5.41) is 4.01. The lowest BCUT2D eigenvalue weighted by Gasteiger charge is -2.41. The molecular formula is C17H22N4O. The Balaban J connectivity index is 2.19. The van der Waals surface area contributed by atoms with Gasteiger partial charge in [0.25, 0.3) is 0 Å². The van der Waals surface area contributed by atoms with Gasteiger partial charge in [0.2, 0.25) is 11.9 Å². The lowest BCUT2D eigenvalue weighted by molar-refractivity contribution is -0.129. The van der Waals surface area contributed by atoms with Crippen LogP contribution in [-0.2, 0) is 10.2 Å². The largest absolute Gasteiger partial charge is 0.368 e.